The first-order chi connectivity index (χ1) is 13.1. The van der Waals surface area contributed by atoms with E-state index in [9.17, 15) is 9.59 Å². The van der Waals surface area contributed by atoms with Crippen molar-refractivity contribution in [2.45, 2.75) is 45.1 Å². The standard InChI is InChI=1S/C20H23N3O4/c1-13-7-18(21-11-16(13)12-24)15-9-22-20(23-10-15)27-17-5-3-14(4-6-17)8-19(25)26-2/h7,9-12,14,17H,3-6,8H2,1-2H3/t14-,17-. The second-order valence-electron chi connectivity index (χ2n) is 6.84. The van der Waals surface area contributed by atoms with Crippen LogP contribution < -0.4 is 4.74 Å². The maximum absolute atomic E-state index is 11.4. The lowest BCUT2D eigenvalue weighted by Gasteiger charge is -2.27. The van der Waals surface area contributed by atoms with E-state index < -0.39 is 0 Å². The molecule has 0 unspecified atom stereocenters. The molecule has 0 N–H and O–H groups in total. The summed E-state index contributed by atoms with van der Waals surface area (Å²) in [5, 5.41) is 0. The molecule has 0 amide bonds. The van der Waals surface area contributed by atoms with E-state index in [4.69, 9.17) is 9.47 Å². The van der Waals surface area contributed by atoms with Gasteiger partial charge in [-0.05, 0) is 50.2 Å². The van der Waals surface area contributed by atoms with Gasteiger partial charge in [-0.15, -0.1) is 0 Å². The number of aldehydes is 1. The Morgan fingerprint density at radius 3 is 2.44 bits per heavy atom. The fraction of sp³-hybridized carbons (Fsp3) is 0.450. The number of hydrogen-bond donors (Lipinski definition) is 0. The van der Waals surface area contributed by atoms with E-state index in [1.54, 1.807) is 18.6 Å². The van der Waals surface area contributed by atoms with Crippen LogP contribution in [0.25, 0.3) is 11.3 Å². The predicted molar refractivity (Wildman–Crippen MR) is 98.4 cm³/mol. The minimum absolute atomic E-state index is 0.0667. The van der Waals surface area contributed by atoms with Crippen molar-refractivity contribution in [3.63, 3.8) is 0 Å². The summed E-state index contributed by atoms with van der Waals surface area (Å²) >= 11 is 0. The van der Waals surface area contributed by atoms with Crippen molar-refractivity contribution in [1.82, 2.24) is 15.0 Å². The van der Waals surface area contributed by atoms with Gasteiger partial charge in [0.1, 0.15) is 6.10 Å². The Balaban J connectivity index is 1.56. The first-order valence-corrected chi connectivity index (χ1v) is 9.06. The number of nitrogens with zero attached hydrogens (tertiary/aromatic N) is 3. The van der Waals surface area contributed by atoms with Crippen LogP contribution in [0, 0.1) is 12.8 Å². The molecule has 142 valence electrons. The maximum Gasteiger partial charge on any atom is 0.316 e. The number of ether oxygens (including phenoxy) is 2. The maximum atomic E-state index is 11.4. The number of esters is 1. The number of rotatable bonds is 6. The Morgan fingerprint density at radius 1 is 1.15 bits per heavy atom. The van der Waals surface area contributed by atoms with Crippen molar-refractivity contribution in [3.8, 4) is 17.3 Å². The van der Waals surface area contributed by atoms with Crippen LogP contribution in [0.5, 0.6) is 6.01 Å². The lowest BCUT2D eigenvalue weighted by atomic mass is 9.85. The van der Waals surface area contributed by atoms with Crippen LogP contribution >= 0.6 is 0 Å². The van der Waals surface area contributed by atoms with E-state index in [2.05, 4.69) is 15.0 Å². The van der Waals surface area contributed by atoms with Crippen molar-refractivity contribution in [1.29, 1.82) is 0 Å². The Morgan fingerprint density at radius 2 is 1.85 bits per heavy atom. The summed E-state index contributed by atoms with van der Waals surface area (Å²) in [6, 6.07) is 2.18. The van der Waals surface area contributed by atoms with E-state index in [1.807, 2.05) is 13.0 Å². The van der Waals surface area contributed by atoms with Gasteiger partial charge in [-0.1, -0.05) is 0 Å². The molecule has 0 aromatic carbocycles. The number of carbonyl (C=O) groups excluding carboxylic acids is 2. The number of hydrogen-bond acceptors (Lipinski definition) is 7. The quantitative estimate of drug-likeness (QED) is 0.570. The molecule has 1 aliphatic carbocycles. The fourth-order valence-corrected chi connectivity index (χ4v) is 3.28. The molecule has 27 heavy (non-hydrogen) atoms. The largest absolute Gasteiger partial charge is 0.469 e. The predicted octanol–water partition coefficient (Wildman–Crippen LogP) is 3.16. The summed E-state index contributed by atoms with van der Waals surface area (Å²) in [4.78, 5) is 35.1. The minimum Gasteiger partial charge on any atom is -0.469 e. The zero-order chi connectivity index (χ0) is 19.2. The highest BCUT2D eigenvalue weighted by atomic mass is 16.5. The molecule has 0 saturated heterocycles. The van der Waals surface area contributed by atoms with Crippen LogP contribution in [0.1, 0.15) is 48.0 Å². The third-order valence-corrected chi connectivity index (χ3v) is 4.95. The Bertz CT molecular complexity index is 799. The average molecular weight is 369 g/mol. The summed E-state index contributed by atoms with van der Waals surface area (Å²) in [6.07, 6.45) is 9.85. The van der Waals surface area contributed by atoms with Gasteiger partial charge >= 0.3 is 12.0 Å². The van der Waals surface area contributed by atoms with Crippen LogP contribution in [0.3, 0.4) is 0 Å². The van der Waals surface area contributed by atoms with Crippen LogP contribution in [0.2, 0.25) is 0 Å². The highest BCUT2D eigenvalue weighted by molar-refractivity contribution is 5.77. The molecule has 2 aromatic heterocycles. The number of methoxy groups -OCH3 is 1. The normalized spacial score (nSPS) is 19.3. The second kappa shape index (κ2) is 8.70. The Hall–Kier alpha value is -2.83. The lowest BCUT2D eigenvalue weighted by Crippen LogP contribution is -2.26. The molecule has 0 spiro atoms. The van der Waals surface area contributed by atoms with Gasteiger partial charge in [0.05, 0.1) is 12.8 Å². The van der Waals surface area contributed by atoms with Crippen molar-refractivity contribution in [2.24, 2.45) is 5.92 Å². The van der Waals surface area contributed by atoms with Crippen molar-refractivity contribution in [2.75, 3.05) is 7.11 Å². The molecule has 7 nitrogen and oxygen atoms in total. The first kappa shape index (κ1) is 18.9. The van der Waals surface area contributed by atoms with E-state index in [0.29, 0.717) is 29.6 Å². The van der Waals surface area contributed by atoms with Crippen LogP contribution in [-0.2, 0) is 9.53 Å². The first-order valence-electron chi connectivity index (χ1n) is 9.06. The highest BCUT2D eigenvalue weighted by Gasteiger charge is 2.25. The molecule has 2 heterocycles. The van der Waals surface area contributed by atoms with Crippen LogP contribution in [0.4, 0.5) is 0 Å². The molecule has 0 radical (unpaired) electrons. The molecular weight excluding hydrogens is 346 g/mol. The van der Waals surface area contributed by atoms with Gasteiger partial charge in [0.2, 0.25) is 0 Å². The third kappa shape index (κ3) is 4.87. The lowest BCUT2D eigenvalue weighted by molar-refractivity contribution is -0.142. The third-order valence-electron chi connectivity index (χ3n) is 4.95. The molecule has 0 bridgehead atoms. The summed E-state index contributed by atoms with van der Waals surface area (Å²) in [6.45, 7) is 1.86. The number of carbonyl (C=O) groups is 2. The van der Waals surface area contributed by atoms with Gasteiger partial charge in [0, 0.05) is 36.1 Å². The number of aromatic nitrogens is 3. The molecule has 3 rings (SSSR count). The SMILES string of the molecule is COC(=O)C[C@H]1CC[C@H](Oc2ncc(-c3cc(C)c(C=O)cn3)cn2)CC1. The van der Waals surface area contributed by atoms with Gasteiger partial charge in [0.15, 0.2) is 6.29 Å². The molecule has 1 aliphatic rings. The van der Waals surface area contributed by atoms with E-state index in [-0.39, 0.29) is 12.1 Å². The molecule has 0 aliphatic heterocycles. The van der Waals surface area contributed by atoms with Gasteiger partial charge in [-0.2, -0.15) is 0 Å². The molecule has 2 aromatic rings. The van der Waals surface area contributed by atoms with E-state index in [0.717, 1.165) is 43.1 Å². The van der Waals surface area contributed by atoms with Crippen LogP contribution in [0.15, 0.2) is 24.7 Å². The molecule has 1 saturated carbocycles. The minimum atomic E-state index is -0.150. The van der Waals surface area contributed by atoms with E-state index >= 15 is 0 Å². The van der Waals surface area contributed by atoms with E-state index in [1.165, 1.54) is 7.11 Å². The van der Waals surface area contributed by atoms with Gasteiger partial charge in [-0.25, -0.2) is 9.97 Å². The zero-order valence-corrected chi connectivity index (χ0v) is 15.6. The fourth-order valence-electron chi connectivity index (χ4n) is 3.28. The highest BCUT2D eigenvalue weighted by Crippen LogP contribution is 2.29. The van der Waals surface area contributed by atoms with Gasteiger partial charge in [-0.3, -0.25) is 14.6 Å². The smallest absolute Gasteiger partial charge is 0.316 e. The zero-order valence-electron chi connectivity index (χ0n) is 15.6. The molecule has 7 heteroatoms. The summed E-state index contributed by atoms with van der Waals surface area (Å²) < 4.78 is 10.6. The Labute approximate surface area is 158 Å². The number of pyridine rings is 1. The monoisotopic (exact) mass is 369 g/mol. The van der Waals surface area contributed by atoms with Crippen molar-refractivity contribution < 1.29 is 19.1 Å². The number of aryl methyl sites for hydroxylation is 1. The average Bonchev–Trinajstić information content (AvgIpc) is 2.70. The second-order valence-corrected chi connectivity index (χ2v) is 6.84. The summed E-state index contributed by atoms with van der Waals surface area (Å²) in [5.41, 5.74) is 2.92. The van der Waals surface area contributed by atoms with Gasteiger partial charge in [0.25, 0.3) is 0 Å². The van der Waals surface area contributed by atoms with Gasteiger partial charge < -0.3 is 9.47 Å². The van der Waals surface area contributed by atoms with Crippen LogP contribution in [-0.4, -0.2) is 40.4 Å². The summed E-state index contributed by atoms with van der Waals surface area (Å²) in [5.74, 6) is 0.215. The molecule has 1 fully saturated rings. The summed E-state index contributed by atoms with van der Waals surface area (Å²) in [7, 11) is 1.42. The van der Waals surface area contributed by atoms with Crippen molar-refractivity contribution >= 4 is 12.3 Å². The topological polar surface area (TPSA) is 91.3 Å². The van der Waals surface area contributed by atoms with Crippen molar-refractivity contribution in [3.05, 3.63) is 35.8 Å². The molecule has 0 atom stereocenters. The molecular formula is C20H23N3O4. The Kier molecular flexibility index (Phi) is 6.11.